The lowest BCUT2D eigenvalue weighted by atomic mass is 10.0. The Kier molecular flexibility index (Phi) is 7.00. The van der Waals surface area contributed by atoms with Gasteiger partial charge in [0.25, 0.3) is 5.91 Å². The summed E-state index contributed by atoms with van der Waals surface area (Å²) in [6, 6.07) is 12.9. The number of para-hydroxylation sites is 1. The molecule has 1 heterocycles. The fourth-order valence-electron chi connectivity index (χ4n) is 2.57. The van der Waals surface area contributed by atoms with Crippen molar-refractivity contribution >= 4 is 44.1 Å². The molecule has 3 rings (SSSR count). The average Bonchev–Trinajstić information content (AvgIpc) is 3.11. The summed E-state index contributed by atoms with van der Waals surface area (Å²) in [5.74, 6) is -0.820. The lowest BCUT2D eigenvalue weighted by molar-refractivity contribution is -0.118. The second kappa shape index (κ2) is 9.67. The molecular formula is C21H17BrFNO4S. The van der Waals surface area contributed by atoms with E-state index in [1.807, 2.05) is 6.07 Å². The minimum Gasteiger partial charge on any atom is -0.483 e. The van der Waals surface area contributed by atoms with Gasteiger partial charge in [0.15, 0.2) is 6.61 Å². The first-order chi connectivity index (χ1) is 14.0. The van der Waals surface area contributed by atoms with Crippen LogP contribution in [0.3, 0.4) is 0 Å². The van der Waals surface area contributed by atoms with E-state index < -0.39 is 11.9 Å². The van der Waals surface area contributed by atoms with Crippen LogP contribution in [0.4, 0.5) is 9.39 Å². The molecule has 0 saturated carbocycles. The number of carbonyl (C=O) groups is 2. The number of hydrogen-bond acceptors (Lipinski definition) is 5. The van der Waals surface area contributed by atoms with Gasteiger partial charge in [-0.15, -0.1) is 11.3 Å². The number of hydrogen-bond donors (Lipinski definition) is 1. The first-order valence-corrected chi connectivity index (χ1v) is 10.4. The summed E-state index contributed by atoms with van der Waals surface area (Å²) in [7, 11) is 0. The maximum Gasteiger partial charge on any atom is 0.341 e. The first kappa shape index (κ1) is 21.0. The van der Waals surface area contributed by atoms with Crippen LogP contribution >= 0.6 is 27.3 Å². The number of amides is 1. The molecule has 0 saturated heterocycles. The zero-order valence-corrected chi connectivity index (χ0v) is 17.8. The molecule has 1 aromatic heterocycles. The molecule has 3 aromatic rings. The molecular weight excluding hydrogens is 461 g/mol. The third-order valence-electron chi connectivity index (χ3n) is 3.87. The van der Waals surface area contributed by atoms with Crippen molar-refractivity contribution < 1.29 is 23.5 Å². The Morgan fingerprint density at radius 1 is 1.14 bits per heavy atom. The van der Waals surface area contributed by atoms with Gasteiger partial charge in [0, 0.05) is 10.9 Å². The molecule has 29 heavy (non-hydrogen) atoms. The molecule has 0 fully saturated rings. The Bertz CT molecular complexity index is 1020. The van der Waals surface area contributed by atoms with E-state index in [1.54, 1.807) is 42.6 Å². The van der Waals surface area contributed by atoms with Gasteiger partial charge in [0.2, 0.25) is 0 Å². The van der Waals surface area contributed by atoms with Gasteiger partial charge in [-0.05, 0) is 52.7 Å². The van der Waals surface area contributed by atoms with Crippen molar-refractivity contribution in [2.45, 2.75) is 6.92 Å². The Labute approximate surface area is 179 Å². The molecule has 0 aliphatic heterocycles. The van der Waals surface area contributed by atoms with Crippen LogP contribution in [-0.4, -0.2) is 25.1 Å². The SMILES string of the molecule is CCOC(=O)c1c(-c2ccc(F)cc2)csc1NC(=O)COc1ccccc1Br. The lowest BCUT2D eigenvalue weighted by Gasteiger charge is -2.10. The Morgan fingerprint density at radius 3 is 2.55 bits per heavy atom. The van der Waals surface area contributed by atoms with Gasteiger partial charge < -0.3 is 14.8 Å². The Balaban J connectivity index is 1.81. The molecule has 1 N–H and O–H groups in total. The molecule has 0 unspecified atom stereocenters. The van der Waals surface area contributed by atoms with Crippen LogP contribution in [0, 0.1) is 5.82 Å². The smallest absolute Gasteiger partial charge is 0.341 e. The minimum absolute atomic E-state index is 0.191. The summed E-state index contributed by atoms with van der Waals surface area (Å²) < 4.78 is 24.6. The number of rotatable bonds is 7. The minimum atomic E-state index is -0.560. The summed E-state index contributed by atoms with van der Waals surface area (Å²) in [4.78, 5) is 24.9. The van der Waals surface area contributed by atoms with Crippen LogP contribution in [0.5, 0.6) is 5.75 Å². The van der Waals surface area contributed by atoms with Crippen LogP contribution in [0.15, 0.2) is 58.4 Å². The number of anilines is 1. The molecule has 2 aromatic carbocycles. The third kappa shape index (κ3) is 5.21. The standard InChI is InChI=1S/C21H17BrFNO4S/c1-2-27-21(26)19-15(13-7-9-14(23)10-8-13)12-29-20(19)24-18(25)11-28-17-6-4-3-5-16(17)22/h3-10,12H,2,11H2,1H3,(H,24,25). The highest BCUT2D eigenvalue weighted by molar-refractivity contribution is 9.10. The maximum atomic E-state index is 13.2. The van der Waals surface area contributed by atoms with Crippen LogP contribution in [0.25, 0.3) is 11.1 Å². The van der Waals surface area contributed by atoms with E-state index >= 15 is 0 Å². The molecule has 5 nitrogen and oxygen atoms in total. The molecule has 0 spiro atoms. The average molecular weight is 478 g/mol. The van der Waals surface area contributed by atoms with Crippen LogP contribution in [0.1, 0.15) is 17.3 Å². The zero-order valence-electron chi connectivity index (χ0n) is 15.4. The number of ether oxygens (including phenoxy) is 2. The van der Waals surface area contributed by atoms with Gasteiger partial charge in [0.05, 0.1) is 11.1 Å². The quantitative estimate of drug-likeness (QED) is 0.455. The Hall–Kier alpha value is -2.71. The van der Waals surface area contributed by atoms with E-state index in [2.05, 4.69) is 21.2 Å². The summed E-state index contributed by atoms with van der Waals surface area (Å²) in [5, 5.41) is 4.78. The highest BCUT2D eigenvalue weighted by Crippen LogP contribution is 2.36. The lowest BCUT2D eigenvalue weighted by Crippen LogP contribution is -2.21. The maximum absolute atomic E-state index is 13.2. The molecule has 1 amide bonds. The second-order valence-corrected chi connectivity index (χ2v) is 7.58. The summed E-state index contributed by atoms with van der Waals surface area (Å²) in [6.45, 7) is 1.66. The molecule has 150 valence electrons. The first-order valence-electron chi connectivity index (χ1n) is 8.71. The van der Waals surface area contributed by atoms with Crippen molar-refractivity contribution in [2.24, 2.45) is 0 Å². The second-order valence-electron chi connectivity index (χ2n) is 5.85. The van der Waals surface area contributed by atoms with E-state index in [1.165, 1.54) is 23.5 Å². The van der Waals surface area contributed by atoms with Crippen molar-refractivity contribution in [1.82, 2.24) is 0 Å². The van der Waals surface area contributed by atoms with Gasteiger partial charge in [0.1, 0.15) is 22.1 Å². The zero-order chi connectivity index (χ0) is 20.8. The van der Waals surface area contributed by atoms with Gasteiger partial charge >= 0.3 is 5.97 Å². The highest BCUT2D eigenvalue weighted by atomic mass is 79.9. The van der Waals surface area contributed by atoms with Gasteiger partial charge in [-0.25, -0.2) is 9.18 Å². The number of nitrogens with one attached hydrogen (secondary N) is 1. The number of halogens is 2. The van der Waals surface area contributed by atoms with Crippen molar-refractivity contribution in [3.05, 3.63) is 69.8 Å². The molecule has 0 aliphatic carbocycles. The third-order valence-corrected chi connectivity index (χ3v) is 5.42. The van der Waals surface area contributed by atoms with Crippen molar-refractivity contribution in [3.63, 3.8) is 0 Å². The van der Waals surface area contributed by atoms with Gasteiger partial charge in [-0.1, -0.05) is 24.3 Å². The predicted molar refractivity (Wildman–Crippen MR) is 114 cm³/mol. The highest BCUT2D eigenvalue weighted by Gasteiger charge is 2.23. The molecule has 0 radical (unpaired) electrons. The van der Waals surface area contributed by atoms with Crippen LogP contribution in [0.2, 0.25) is 0 Å². The number of carbonyl (C=O) groups excluding carboxylic acids is 2. The molecule has 0 atom stereocenters. The molecule has 0 aliphatic rings. The largest absolute Gasteiger partial charge is 0.483 e. The summed E-state index contributed by atoms with van der Waals surface area (Å²) >= 11 is 4.54. The summed E-state index contributed by atoms with van der Waals surface area (Å²) in [6.07, 6.45) is 0. The van der Waals surface area contributed by atoms with E-state index in [0.717, 1.165) is 4.47 Å². The van der Waals surface area contributed by atoms with E-state index in [9.17, 15) is 14.0 Å². The number of benzene rings is 2. The van der Waals surface area contributed by atoms with E-state index in [4.69, 9.17) is 9.47 Å². The monoisotopic (exact) mass is 477 g/mol. The predicted octanol–water partition coefficient (Wildman–Crippen LogP) is 5.51. The van der Waals surface area contributed by atoms with Crippen LogP contribution in [-0.2, 0) is 9.53 Å². The normalized spacial score (nSPS) is 10.4. The Morgan fingerprint density at radius 2 is 1.86 bits per heavy atom. The van der Waals surface area contributed by atoms with Crippen molar-refractivity contribution in [1.29, 1.82) is 0 Å². The van der Waals surface area contributed by atoms with Gasteiger partial charge in [-0.3, -0.25) is 4.79 Å². The van der Waals surface area contributed by atoms with Crippen molar-refractivity contribution in [3.8, 4) is 16.9 Å². The fraction of sp³-hybridized carbons (Fsp3) is 0.143. The van der Waals surface area contributed by atoms with Crippen molar-refractivity contribution in [2.75, 3.05) is 18.5 Å². The van der Waals surface area contributed by atoms with E-state index in [-0.39, 0.29) is 24.6 Å². The number of thiophene rings is 1. The van der Waals surface area contributed by atoms with Gasteiger partial charge in [-0.2, -0.15) is 0 Å². The number of esters is 1. The molecule has 8 heteroatoms. The topological polar surface area (TPSA) is 64.6 Å². The fourth-order valence-corrected chi connectivity index (χ4v) is 3.94. The van der Waals surface area contributed by atoms with Crippen LogP contribution < -0.4 is 10.1 Å². The summed E-state index contributed by atoms with van der Waals surface area (Å²) in [5.41, 5.74) is 1.45. The van der Waals surface area contributed by atoms with E-state index in [0.29, 0.717) is 21.9 Å². The molecule has 0 bridgehead atoms.